The molecule has 1 aromatic rings. The van der Waals surface area contributed by atoms with Gasteiger partial charge < -0.3 is 10.4 Å². The molecule has 102 valence electrons. The zero-order valence-corrected chi connectivity index (χ0v) is 12.3. The summed E-state index contributed by atoms with van der Waals surface area (Å²) in [5.74, 6) is -0.954. The summed E-state index contributed by atoms with van der Waals surface area (Å²) in [6.45, 7) is 1.97. The number of benzene rings is 1. The normalized spacial score (nSPS) is 15.9. The van der Waals surface area contributed by atoms with Crippen molar-refractivity contribution in [2.45, 2.75) is 32.6 Å². The van der Waals surface area contributed by atoms with Crippen LogP contribution in [0.25, 0.3) is 0 Å². The Hall–Kier alpha value is -1.36. The maximum Gasteiger partial charge on any atom is 0.303 e. The fourth-order valence-electron chi connectivity index (χ4n) is 2.17. The number of hydrogen-bond acceptors (Lipinski definition) is 2. The van der Waals surface area contributed by atoms with Gasteiger partial charge in [-0.05, 0) is 58.8 Å². The van der Waals surface area contributed by atoms with Crippen LogP contribution in [-0.2, 0) is 9.59 Å². The highest BCUT2D eigenvalue weighted by Crippen LogP contribution is 2.51. The Labute approximate surface area is 120 Å². The molecular formula is C14H16BrNO3. The van der Waals surface area contributed by atoms with E-state index in [4.69, 9.17) is 5.11 Å². The van der Waals surface area contributed by atoms with Gasteiger partial charge in [-0.15, -0.1) is 0 Å². The third-order valence-corrected chi connectivity index (χ3v) is 4.07. The number of rotatable bonds is 5. The van der Waals surface area contributed by atoms with Crippen LogP contribution in [0.4, 0.5) is 5.69 Å². The molecule has 0 atom stereocenters. The molecule has 4 nitrogen and oxygen atoms in total. The van der Waals surface area contributed by atoms with E-state index in [0.29, 0.717) is 0 Å². The number of carbonyl (C=O) groups is 2. The van der Waals surface area contributed by atoms with E-state index in [-0.39, 0.29) is 24.2 Å². The maximum absolute atomic E-state index is 12.0. The predicted molar refractivity (Wildman–Crippen MR) is 76.0 cm³/mol. The zero-order chi connectivity index (χ0) is 14.0. The van der Waals surface area contributed by atoms with E-state index in [0.717, 1.165) is 28.6 Å². The number of hydrogen-bond donors (Lipinski definition) is 2. The van der Waals surface area contributed by atoms with E-state index in [1.54, 1.807) is 0 Å². The molecule has 0 spiro atoms. The Morgan fingerprint density at radius 1 is 1.37 bits per heavy atom. The van der Waals surface area contributed by atoms with Crippen molar-refractivity contribution in [1.82, 2.24) is 0 Å². The molecule has 0 radical (unpaired) electrons. The molecule has 0 saturated heterocycles. The van der Waals surface area contributed by atoms with Crippen LogP contribution in [-0.4, -0.2) is 17.0 Å². The zero-order valence-electron chi connectivity index (χ0n) is 10.7. The number of halogens is 1. The van der Waals surface area contributed by atoms with Gasteiger partial charge in [0.1, 0.15) is 0 Å². The molecule has 1 amide bonds. The smallest absolute Gasteiger partial charge is 0.303 e. The van der Waals surface area contributed by atoms with Gasteiger partial charge in [-0.2, -0.15) is 0 Å². The highest BCUT2D eigenvalue weighted by molar-refractivity contribution is 9.10. The molecule has 1 aromatic carbocycles. The summed E-state index contributed by atoms with van der Waals surface area (Å²) in [4.78, 5) is 22.7. The van der Waals surface area contributed by atoms with Crippen LogP contribution in [0, 0.1) is 12.3 Å². The minimum Gasteiger partial charge on any atom is -0.481 e. The second-order valence-corrected chi connectivity index (χ2v) is 6.13. The van der Waals surface area contributed by atoms with Crippen molar-refractivity contribution in [2.24, 2.45) is 5.41 Å². The fraction of sp³-hybridized carbons (Fsp3) is 0.429. The first kappa shape index (κ1) is 14.1. The highest BCUT2D eigenvalue weighted by Gasteiger charge is 2.45. The number of carboxylic acid groups (broad SMARTS) is 1. The largest absolute Gasteiger partial charge is 0.481 e. The lowest BCUT2D eigenvalue weighted by molar-refractivity contribution is -0.138. The first-order valence-electron chi connectivity index (χ1n) is 6.18. The van der Waals surface area contributed by atoms with Gasteiger partial charge in [0.15, 0.2) is 0 Å². The summed E-state index contributed by atoms with van der Waals surface area (Å²) in [6, 6.07) is 5.69. The van der Waals surface area contributed by atoms with Gasteiger partial charge in [0.2, 0.25) is 5.91 Å². The Morgan fingerprint density at radius 3 is 2.58 bits per heavy atom. The Morgan fingerprint density at radius 2 is 2.05 bits per heavy atom. The quantitative estimate of drug-likeness (QED) is 0.872. The lowest BCUT2D eigenvalue weighted by Gasteiger charge is -2.13. The summed E-state index contributed by atoms with van der Waals surface area (Å²) in [7, 11) is 0. The van der Waals surface area contributed by atoms with Crippen molar-refractivity contribution in [3.63, 3.8) is 0 Å². The second-order valence-electron chi connectivity index (χ2n) is 5.28. The van der Waals surface area contributed by atoms with Gasteiger partial charge in [-0.3, -0.25) is 9.59 Å². The molecule has 0 unspecified atom stereocenters. The van der Waals surface area contributed by atoms with Gasteiger partial charge in [0, 0.05) is 10.9 Å². The standard InChI is InChI=1S/C14H16BrNO3/c1-9-2-3-11(10(15)6-9)16-12(17)7-14(4-5-14)8-13(18)19/h2-3,6H,4-5,7-8H2,1H3,(H,16,17)(H,18,19). The molecular weight excluding hydrogens is 310 g/mol. The summed E-state index contributed by atoms with van der Waals surface area (Å²) >= 11 is 3.40. The SMILES string of the molecule is Cc1ccc(NC(=O)CC2(CC(=O)O)CC2)c(Br)c1. The van der Waals surface area contributed by atoms with Crippen molar-refractivity contribution in [3.8, 4) is 0 Å². The van der Waals surface area contributed by atoms with Crippen molar-refractivity contribution in [1.29, 1.82) is 0 Å². The van der Waals surface area contributed by atoms with Crippen molar-refractivity contribution in [2.75, 3.05) is 5.32 Å². The third-order valence-electron chi connectivity index (χ3n) is 3.42. The van der Waals surface area contributed by atoms with Crippen LogP contribution in [0.2, 0.25) is 0 Å². The van der Waals surface area contributed by atoms with Crippen molar-refractivity contribution < 1.29 is 14.7 Å². The molecule has 0 aromatic heterocycles. The average molecular weight is 326 g/mol. The molecule has 2 N–H and O–H groups in total. The molecule has 1 aliphatic rings. The Balaban J connectivity index is 1.96. The summed E-state index contributed by atoms with van der Waals surface area (Å²) in [5, 5.41) is 11.7. The first-order chi connectivity index (χ1) is 8.90. The topological polar surface area (TPSA) is 66.4 Å². The van der Waals surface area contributed by atoms with Crippen molar-refractivity contribution >= 4 is 33.5 Å². The highest BCUT2D eigenvalue weighted by atomic mass is 79.9. The number of carboxylic acids is 1. The van der Waals surface area contributed by atoms with E-state index >= 15 is 0 Å². The van der Waals surface area contributed by atoms with Gasteiger partial charge in [0.25, 0.3) is 0 Å². The van der Waals surface area contributed by atoms with Gasteiger partial charge >= 0.3 is 5.97 Å². The third kappa shape index (κ3) is 3.80. The molecule has 19 heavy (non-hydrogen) atoms. The van der Waals surface area contributed by atoms with Crippen LogP contribution < -0.4 is 5.32 Å². The number of aliphatic carboxylic acids is 1. The van der Waals surface area contributed by atoms with Gasteiger partial charge in [-0.1, -0.05) is 6.07 Å². The van der Waals surface area contributed by atoms with Crippen LogP contribution >= 0.6 is 15.9 Å². The lowest BCUT2D eigenvalue weighted by Crippen LogP contribution is -2.19. The summed E-state index contributed by atoms with van der Waals surface area (Å²) < 4.78 is 0.837. The first-order valence-corrected chi connectivity index (χ1v) is 6.97. The molecule has 1 fully saturated rings. The molecule has 1 aliphatic carbocycles. The number of anilines is 1. The monoisotopic (exact) mass is 325 g/mol. The van der Waals surface area contributed by atoms with Crippen LogP contribution in [0.5, 0.6) is 0 Å². The van der Waals surface area contributed by atoms with E-state index in [9.17, 15) is 9.59 Å². The van der Waals surface area contributed by atoms with Crippen molar-refractivity contribution in [3.05, 3.63) is 28.2 Å². The number of carbonyl (C=O) groups excluding carboxylic acids is 1. The fourth-order valence-corrected chi connectivity index (χ4v) is 2.76. The van der Waals surface area contributed by atoms with E-state index in [1.807, 2.05) is 25.1 Å². The summed E-state index contributed by atoms with van der Waals surface area (Å²) in [5.41, 5.74) is 1.52. The van der Waals surface area contributed by atoms with Gasteiger partial charge in [-0.25, -0.2) is 0 Å². The number of amides is 1. The number of aryl methyl sites for hydroxylation is 1. The lowest BCUT2D eigenvalue weighted by atomic mass is 9.98. The molecule has 0 aliphatic heterocycles. The number of nitrogens with one attached hydrogen (secondary N) is 1. The molecule has 1 saturated carbocycles. The Bertz CT molecular complexity index is 523. The molecule has 0 heterocycles. The second kappa shape index (κ2) is 5.33. The van der Waals surface area contributed by atoms with Gasteiger partial charge in [0.05, 0.1) is 12.1 Å². The molecule has 5 heteroatoms. The van der Waals surface area contributed by atoms with E-state index in [2.05, 4.69) is 21.2 Å². The summed E-state index contributed by atoms with van der Waals surface area (Å²) in [6.07, 6.45) is 2.00. The molecule has 0 bridgehead atoms. The maximum atomic E-state index is 12.0. The van der Waals surface area contributed by atoms with E-state index < -0.39 is 5.97 Å². The van der Waals surface area contributed by atoms with Crippen LogP contribution in [0.3, 0.4) is 0 Å². The van der Waals surface area contributed by atoms with Crippen LogP contribution in [0.1, 0.15) is 31.2 Å². The average Bonchev–Trinajstić information content (AvgIpc) is 3.00. The van der Waals surface area contributed by atoms with E-state index in [1.165, 1.54) is 0 Å². The minimum atomic E-state index is -0.832. The Kier molecular flexibility index (Phi) is 3.94. The molecule has 2 rings (SSSR count). The predicted octanol–water partition coefficient (Wildman–Crippen LogP) is 3.34. The van der Waals surface area contributed by atoms with Crippen LogP contribution in [0.15, 0.2) is 22.7 Å². The minimum absolute atomic E-state index is 0.0789.